The molecule has 0 aromatic heterocycles. The van der Waals surface area contributed by atoms with Crippen LogP contribution in [0.15, 0.2) is 42.5 Å². The van der Waals surface area contributed by atoms with Crippen LogP contribution in [0.1, 0.15) is 30.9 Å². The van der Waals surface area contributed by atoms with E-state index in [1.54, 1.807) is 30.3 Å². The molecule has 1 heterocycles. The molecule has 0 spiro atoms. The van der Waals surface area contributed by atoms with E-state index in [2.05, 4.69) is 0 Å². The molecule has 32 heavy (non-hydrogen) atoms. The maximum absolute atomic E-state index is 13.1. The lowest BCUT2D eigenvalue weighted by Crippen LogP contribution is -2.43. The topological polar surface area (TPSA) is 60.9 Å². The molecule has 0 radical (unpaired) electrons. The van der Waals surface area contributed by atoms with Crippen LogP contribution in [0.2, 0.25) is 5.02 Å². The number of halogens is 2. The van der Waals surface area contributed by atoms with Gasteiger partial charge in [0, 0.05) is 17.3 Å². The van der Waals surface area contributed by atoms with Crippen molar-refractivity contribution in [3.8, 4) is 0 Å². The Balaban J connectivity index is 1.67. The lowest BCUT2D eigenvalue weighted by Gasteiger charge is -2.25. The Morgan fingerprint density at radius 3 is 2.56 bits per heavy atom. The normalized spacial score (nSPS) is 13.6. The van der Waals surface area contributed by atoms with Crippen molar-refractivity contribution in [1.29, 1.82) is 0 Å². The van der Waals surface area contributed by atoms with Crippen LogP contribution in [-0.4, -0.2) is 53.8 Å². The second-order valence-electron chi connectivity index (χ2n) is 7.91. The molecular formula is C24H27ClFN3O3. The predicted molar refractivity (Wildman–Crippen MR) is 122 cm³/mol. The van der Waals surface area contributed by atoms with Gasteiger partial charge in [-0.1, -0.05) is 43.1 Å². The van der Waals surface area contributed by atoms with Crippen LogP contribution in [0.25, 0.3) is 0 Å². The van der Waals surface area contributed by atoms with E-state index in [1.807, 2.05) is 13.8 Å². The van der Waals surface area contributed by atoms with Crippen molar-refractivity contribution in [1.82, 2.24) is 9.80 Å². The van der Waals surface area contributed by atoms with E-state index in [1.165, 1.54) is 26.8 Å². The molecule has 0 aliphatic carbocycles. The summed E-state index contributed by atoms with van der Waals surface area (Å²) in [6.07, 6.45) is 1.72. The van der Waals surface area contributed by atoms with E-state index in [0.717, 1.165) is 18.4 Å². The Hall–Kier alpha value is -2.93. The maximum Gasteiger partial charge on any atom is 0.248 e. The number of amides is 3. The van der Waals surface area contributed by atoms with E-state index in [0.29, 0.717) is 22.8 Å². The van der Waals surface area contributed by atoms with Gasteiger partial charge >= 0.3 is 0 Å². The van der Waals surface area contributed by atoms with Crippen LogP contribution in [0.5, 0.6) is 0 Å². The highest BCUT2D eigenvalue weighted by atomic mass is 35.5. The average molecular weight is 460 g/mol. The number of rotatable bonds is 8. The smallest absolute Gasteiger partial charge is 0.248 e. The van der Waals surface area contributed by atoms with Crippen molar-refractivity contribution in [2.45, 2.75) is 33.1 Å². The van der Waals surface area contributed by atoms with Crippen LogP contribution in [0, 0.1) is 12.7 Å². The lowest BCUT2D eigenvalue weighted by molar-refractivity contribution is -0.140. The molecule has 1 saturated heterocycles. The van der Waals surface area contributed by atoms with Gasteiger partial charge in [-0.15, -0.1) is 0 Å². The monoisotopic (exact) mass is 459 g/mol. The molecule has 0 saturated carbocycles. The lowest BCUT2D eigenvalue weighted by atomic mass is 10.1. The van der Waals surface area contributed by atoms with Crippen molar-refractivity contribution in [3.05, 3.63) is 64.4 Å². The number of unbranched alkanes of at least 4 members (excludes halogenated alkanes) is 1. The first-order valence-corrected chi connectivity index (χ1v) is 11.0. The van der Waals surface area contributed by atoms with Gasteiger partial charge in [0.25, 0.3) is 0 Å². The molecule has 1 fully saturated rings. The number of anilines is 1. The standard InChI is InChI=1S/C24H27ClFN3O3/c1-3-4-12-27(22(30)13-18-8-10-19(26)11-9-18)14-23(31)28-15-24(32)29(16-28)21-7-5-6-20(25)17(21)2/h5-11H,3-4,12-16H2,1-2H3. The Kier molecular flexibility index (Phi) is 7.85. The number of carbonyl (C=O) groups is 3. The summed E-state index contributed by atoms with van der Waals surface area (Å²) in [5.74, 6) is -1.05. The Morgan fingerprint density at radius 2 is 1.88 bits per heavy atom. The molecule has 3 rings (SSSR count). The van der Waals surface area contributed by atoms with E-state index < -0.39 is 0 Å². The highest BCUT2D eigenvalue weighted by Gasteiger charge is 2.33. The number of hydrogen-bond acceptors (Lipinski definition) is 3. The van der Waals surface area contributed by atoms with Crippen LogP contribution < -0.4 is 4.90 Å². The number of carbonyl (C=O) groups excluding carboxylic acids is 3. The quantitative estimate of drug-likeness (QED) is 0.603. The highest BCUT2D eigenvalue weighted by molar-refractivity contribution is 6.31. The molecule has 3 amide bonds. The number of hydrogen-bond donors (Lipinski definition) is 0. The van der Waals surface area contributed by atoms with Crippen molar-refractivity contribution in [2.24, 2.45) is 0 Å². The zero-order chi connectivity index (χ0) is 23.3. The minimum atomic E-state index is -0.364. The molecule has 2 aromatic rings. The Morgan fingerprint density at radius 1 is 1.16 bits per heavy atom. The van der Waals surface area contributed by atoms with Crippen molar-refractivity contribution >= 4 is 35.0 Å². The summed E-state index contributed by atoms with van der Waals surface area (Å²) in [5.41, 5.74) is 2.13. The fourth-order valence-corrected chi connectivity index (χ4v) is 3.78. The minimum Gasteiger partial charge on any atom is -0.333 e. The van der Waals surface area contributed by atoms with Gasteiger partial charge in [-0.3, -0.25) is 19.3 Å². The summed E-state index contributed by atoms with van der Waals surface area (Å²) in [6.45, 7) is 4.26. The summed E-state index contributed by atoms with van der Waals surface area (Å²) in [7, 11) is 0. The summed E-state index contributed by atoms with van der Waals surface area (Å²) in [5, 5.41) is 0.553. The third kappa shape index (κ3) is 5.65. The van der Waals surface area contributed by atoms with Crippen molar-refractivity contribution in [2.75, 3.05) is 31.2 Å². The van der Waals surface area contributed by atoms with Crippen molar-refractivity contribution in [3.63, 3.8) is 0 Å². The fourth-order valence-electron chi connectivity index (χ4n) is 3.61. The zero-order valence-electron chi connectivity index (χ0n) is 18.3. The SMILES string of the molecule is CCCCN(CC(=O)N1CC(=O)N(c2cccc(Cl)c2C)C1)C(=O)Cc1ccc(F)cc1. The molecule has 2 aromatic carbocycles. The molecule has 1 aliphatic rings. The van der Waals surface area contributed by atoms with Crippen LogP contribution >= 0.6 is 11.6 Å². The number of benzene rings is 2. The Bertz CT molecular complexity index is 996. The van der Waals surface area contributed by atoms with E-state index in [4.69, 9.17) is 11.6 Å². The molecule has 8 heteroatoms. The third-order valence-corrected chi connectivity index (χ3v) is 5.96. The first-order valence-electron chi connectivity index (χ1n) is 10.7. The van der Waals surface area contributed by atoms with E-state index in [-0.39, 0.29) is 49.7 Å². The zero-order valence-corrected chi connectivity index (χ0v) is 19.1. The van der Waals surface area contributed by atoms with Gasteiger partial charge in [0.15, 0.2) is 0 Å². The summed E-state index contributed by atoms with van der Waals surface area (Å²) in [4.78, 5) is 42.9. The second-order valence-corrected chi connectivity index (χ2v) is 8.32. The molecule has 0 unspecified atom stereocenters. The number of nitrogens with zero attached hydrogens (tertiary/aromatic N) is 3. The van der Waals surface area contributed by atoms with Crippen LogP contribution in [0.4, 0.5) is 10.1 Å². The summed E-state index contributed by atoms with van der Waals surface area (Å²) in [6, 6.07) is 11.1. The van der Waals surface area contributed by atoms with E-state index >= 15 is 0 Å². The molecule has 6 nitrogen and oxygen atoms in total. The average Bonchev–Trinajstić information content (AvgIpc) is 3.16. The van der Waals surface area contributed by atoms with Crippen LogP contribution in [0.3, 0.4) is 0 Å². The molecule has 1 aliphatic heterocycles. The van der Waals surface area contributed by atoms with Gasteiger partial charge in [0.1, 0.15) is 19.0 Å². The molecular weight excluding hydrogens is 433 g/mol. The van der Waals surface area contributed by atoms with Gasteiger partial charge in [0.05, 0.1) is 13.0 Å². The first-order chi connectivity index (χ1) is 15.3. The van der Waals surface area contributed by atoms with Crippen molar-refractivity contribution < 1.29 is 18.8 Å². The molecule has 0 atom stereocenters. The third-order valence-electron chi connectivity index (χ3n) is 5.55. The maximum atomic E-state index is 13.1. The largest absolute Gasteiger partial charge is 0.333 e. The van der Waals surface area contributed by atoms with Gasteiger partial charge in [-0.2, -0.15) is 0 Å². The highest BCUT2D eigenvalue weighted by Crippen LogP contribution is 2.28. The molecule has 0 N–H and O–H groups in total. The van der Waals surface area contributed by atoms with Gasteiger partial charge < -0.3 is 9.80 Å². The van der Waals surface area contributed by atoms with Gasteiger partial charge in [-0.25, -0.2) is 4.39 Å². The summed E-state index contributed by atoms with van der Waals surface area (Å²) >= 11 is 6.18. The van der Waals surface area contributed by atoms with Gasteiger partial charge in [0.2, 0.25) is 17.7 Å². The first kappa shape index (κ1) is 23.7. The molecule has 170 valence electrons. The fraction of sp³-hybridized carbons (Fsp3) is 0.375. The minimum absolute atomic E-state index is 0.0431. The van der Waals surface area contributed by atoms with E-state index in [9.17, 15) is 18.8 Å². The van der Waals surface area contributed by atoms with Gasteiger partial charge in [-0.05, 0) is 48.7 Å². The summed E-state index contributed by atoms with van der Waals surface area (Å²) < 4.78 is 13.1. The Labute approximate surface area is 192 Å². The van der Waals surface area contributed by atoms with Crippen LogP contribution in [-0.2, 0) is 20.8 Å². The second kappa shape index (κ2) is 10.6. The molecule has 0 bridgehead atoms. The predicted octanol–water partition coefficient (Wildman–Crippen LogP) is 3.79.